The number of aromatic nitrogens is 3. The molecule has 10 heteroatoms. The molecule has 0 N–H and O–H groups in total. The lowest BCUT2D eigenvalue weighted by Crippen LogP contribution is -2.44. The number of carbonyl (C=O) groups is 1. The molecule has 0 unspecified atom stereocenters. The van der Waals surface area contributed by atoms with Gasteiger partial charge in [0.05, 0.1) is 18.7 Å². The number of halogens is 1. The molecule has 0 fully saturated rings. The van der Waals surface area contributed by atoms with Gasteiger partial charge in [0.1, 0.15) is 20.9 Å². The average Bonchev–Trinajstić information content (AvgIpc) is 3.22. The van der Waals surface area contributed by atoms with Crippen molar-refractivity contribution in [3.05, 3.63) is 56.8 Å². The molecule has 1 aromatic heterocycles. The molecule has 0 amide bonds. The van der Waals surface area contributed by atoms with Gasteiger partial charge in [0.25, 0.3) is 8.32 Å². The average molecular weight is 722 g/mol. The van der Waals surface area contributed by atoms with E-state index in [1.807, 2.05) is 16.8 Å². The van der Waals surface area contributed by atoms with Crippen molar-refractivity contribution < 1.29 is 18.4 Å². The second-order valence-electron chi connectivity index (χ2n) is 13.8. The first-order valence-electron chi connectivity index (χ1n) is 14.7. The van der Waals surface area contributed by atoms with E-state index in [0.29, 0.717) is 18.7 Å². The highest BCUT2D eigenvalue weighted by atomic mass is 127. The van der Waals surface area contributed by atoms with Crippen LogP contribution in [0.25, 0.3) is 11.3 Å². The van der Waals surface area contributed by atoms with E-state index in [0.717, 1.165) is 44.0 Å². The van der Waals surface area contributed by atoms with Crippen LogP contribution in [0.4, 0.5) is 0 Å². The Balaban J connectivity index is 2.08. The van der Waals surface area contributed by atoms with E-state index in [4.69, 9.17) is 13.6 Å². The van der Waals surface area contributed by atoms with Gasteiger partial charge in [-0.15, -0.1) is 5.10 Å². The minimum Gasteiger partial charge on any atom is -0.543 e. The van der Waals surface area contributed by atoms with Crippen LogP contribution in [0.1, 0.15) is 76.9 Å². The molecule has 42 heavy (non-hydrogen) atoms. The third-order valence-electron chi connectivity index (χ3n) is 8.61. The van der Waals surface area contributed by atoms with Crippen LogP contribution in [0.5, 0.6) is 11.5 Å². The highest BCUT2D eigenvalue weighted by Crippen LogP contribution is 2.45. The molecule has 0 saturated heterocycles. The lowest BCUT2D eigenvalue weighted by atomic mass is 10.0. The van der Waals surface area contributed by atoms with Gasteiger partial charge in [-0.25, -0.2) is 9.48 Å². The summed E-state index contributed by atoms with van der Waals surface area (Å²) in [5, 5.41) is 9.28. The second kappa shape index (κ2) is 12.8. The van der Waals surface area contributed by atoms with Gasteiger partial charge in [0.2, 0.25) is 8.32 Å². The number of esters is 1. The second-order valence-corrected chi connectivity index (χ2v) is 24.3. The number of aryl methyl sites for hydroxylation is 1. The third kappa shape index (κ3) is 7.66. The molecule has 2 aromatic carbocycles. The van der Waals surface area contributed by atoms with Crippen molar-refractivity contribution >= 4 is 45.2 Å². The van der Waals surface area contributed by atoms with Gasteiger partial charge in [0, 0.05) is 11.6 Å². The third-order valence-corrected chi connectivity index (χ3v) is 18.4. The van der Waals surface area contributed by atoms with Crippen LogP contribution < -0.4 is 8.85 Å². The van der Waals surface area contributed by atoms with Crippen molar-refractivity contribution in [2.45, 2.75) is 105 Å². The lowest BCUT2D eigenvalue weighted by Gasteiger charge is -2.39. The van der Waals surface area contributed by atoms with E-state index in [1.165, 1.54) is 0 Å². The summed E-state index contributed by atoms with van der Waals surface area (Å²) in [6, 6.07) is 11.7. The smallest absolute Gasteiger partial charge is 0.338 e. The Morgan fingerprint density at radius 1 is 0.881 bits per heavy atom. The zero-order chi connectivity index (χ0) is 31.7. The van der Waals surface area contributed by atoms with Gasteiger partial charge in [-0.2, -0.15) is 0 Å². The predicted octanol–water partition coefficient (Wildman–Crippen LogP) is 9.11. The van der Waals surface area contributed by atoms with Crippen molar-refractivity contribution in [1.29, 1.82) is 0 Å². The molecule has 0 spiro atoms. The van der Waals surface area contributed by atoms with Crippen molar-refractivity contribution in [2.75, 3.05) is 6.61 Å². The number of nitrogens with zero attached hydrogens (tertiary/aromatic N) is 3. The SMILES string of the molecule is CCOC(=O)c1ccc(Cn2nnc(-c3cc(CC)c(O[Si](C)(C)C(C)(C)C)cc3O[Si](C)(C)C(C)(C)C)c2I)cc1. The molecule has 7 nitrogen and oxygen atoms in total. The number of carbonyl (C=O) groups excluding carboxylic acids is 1. The van der Waals surface area contributed by atoms with Gasteiger partial charge < -0.3 is 13.6 Å². The molecule has 230 valence electrons. The summed E-state index contributed by atoms with van der Waals surface area (Å²) < 4.78 is 21.8. The van der Waals surface area contributed by atoms with E-state index >= 15 is 0 Å². The molecule has 0 bridgehead atoms. The van der Waals surface area contributed by atoms with Crippen LogP contribution >= 0.6 is 22.6 Å². The summed E-state index contributed by atoms with van der Waals surface area (Å²) in [6.07, 6.45) is 0.828. The maximum Gasteiger partial charge on any atom is 0.338 e. The molecule has 0 aliphatic heterocycles. The van der Waals surface area contributed by atoms with Crippen LogP contribution in [0.3, 0.4) is 0 Å². The summed E-state index contributed by atoms with van der Waals surface area (Å²) in [5.74, 6) is 1.39. The van der Waals surface area contributed by atoms with E-state index in [9.17, 15) is 4.79 Å². The molecule has 1 heterocycles. The Hall–Kier alpha value is -2.19. The summed E-state index contributed by atoms with van der Waals surface area (Å²) >= 11 is 2.33. The number of hydrogen-bond acceptors (Lipinski definition) is 6. The summed E-state index contributed by atoms with van der Waals surface area (Å²) in [7, 11) is -4.27. The normalized spacial score (nSPS) is 12.8. The van der Waals surface area contributed by atoms with Crippen LogP contribution in [0.15, 0.2) is 36.4 Å². The summed E-state index contributed by atoms with van der Waals surface area (Å²) in [6.45, 7) is 27.5. The fraction of sp³-hybridized carbons (Fsp3) is 0.531. The largest absolute Gasteiger partial charge is 0.543 e. The van der Waals surface area contributed by atoms with Crippen LogP contribution in [0.2, 0.25) is 36.3 Å². The molecule has 0 aliphatic rings. The Morgan fingerprint density at radius 2 is 1.43 bits per heavy atom. The van der Waals surface area contributed by atoms with Gasteiger partial charge in [-0.05, 0) is 102 Å². The fourth-order valence-corrected chi connectivity index (χ4v) is 6.54. The number of ether oxygens (including phenoxy) is 1. The maximum absolute atomic E-state index is 12.1. The van der Waals surface area contributed by atoms with E-state index in [-0.39, 0.29) is 16.0 Å². The molecular weight excluding hydrogens is 673 g/mol. The van der Waals surface area contributed by atoms with E-state index < -0.39 is 16.6 Å². The van der Waals surface area contributed by atoms with Crippen molar-refractivity contribution in [3.8, 4) is 22.8 Å². The van der Waals surface area contributed by atoms with Gasteiger partial charge in [-0.3, -0.25) is 0 Å². The highest BCUT2D eigenvalue weighted by Gasteiger charge is 2.41. The fourth-order valence-electron chi connectivity index (χ4n) is 3.80. The first-order chi connectivity index (χ1) is 19.3. The Bertz CT molecular complexity index is 1400. The van der Waals surface area contributed by atoms with Gasteiger partial charge in [-0.1, -0.05) is 65.8 Å². The quantitative estimate of drug-likeness (QED) is 0.118. The zero-order valence-electron chi connectivity index (χ0n) is 27.4. The van der Waals surface area contributed by atoms with Crippen LogP contribution in [0, 0.1) is 3.70 Å². The minimum atomic E-state index is -2.19. The first kappa shape index (κ1) is 34.3. The number of hydrogen-bond donors (Lipinski definition) is 0. The van der Waals surface area contributed by atoms with Crippen molar-refractivity contribution in [2.24, 2.45) is 0 Å². The number of benzene rings is 2. The standard InChI is InChI=1S/C32H48IN3O4Si2/c1-13-23-19-25(27(40-42(11,12)32(6,7)8)20-26(23)39-41(9,10)31(3,4)5)28-29(33)36(35-34-28)21-22-15-17-24(18-16-22)30(37)38-14-2/h15-20H,13-14,21H2,1-12H3. The van der Waals surface area contributed by atoms with Crippen molar-refractivity contribution in [1.82, 2.24) is 15.0 Å². The monoisotopic (exact) mass is 721 g/mol. The van der Waals surface area contributed by atoms with Gasteiger partial charge in [0.15, 0.2) is 0 Å². The molecule has 3 rings (SSSR count). The molecule has 3 aromatic rings. The molecule has 0 radical (unpaired) electrons. The summed E-state index contributed by atoms with van der Waals surface area (Å²) in [5.41, 5.74) is 4.42. The first-order valence-corrected chi connectivity index (χ1v) is 21.6. The molecular formula is C32H48IN3O4Si2. The van der Waals surface area contributed by atoms with Crippen LogP contribution in [-0.4, -0.2) is 44.2 Å². The molecule has 0 atom stereocenters. The van der Waals surface area contributed by atoms with Crippen molar-refractivity contribution in [3.63, 3.8) is 0 Å². The molecule has 0 aliphatic carbocycles. The molecule has 0 saturated carbocycles. The van der Waals surface area contributed by atoms with Crippen LogP contribution in [-0.2, 0) is 17.7 Å². The lowest BCUT2D eigenvalue weighted by molar-refractivity contribution is 0.0526. The maximum atomic E-state index is 12.1. The minimum absolute atomic E-state index is 0.0224. The topological polar surface area (TPSA) is 75.5 Å². The van der Waals surface area contributed by atoms with Gasteiger partial charge >= 0.3 is 5.97 Å². The summed E-state index contributed by atoms with van der Waals surface area (Å²) in [4.78, 5) is 12.1. The highest BCUT2D eigenvalue weighted by molar-refractivity contribution is 14.1. The Kier molecular flexibility index (Phi) is 10.5. The predicted molar refractivity (Wildman–Crippen MR) is 185 cm³/mol. The Labute approximate surface area is 268 Å². The van der Waals surface area contributed by atoms with E-state index in [2.05, 4.69) is 120 Å². The number of rotatable bonds is 10. The zero-order valence-corrected chi connectivity index (χ0v) is 31.6. The Morgan fingerprint density at radius 3 is 1.93 bits per heavy atom. The van der Waals surface area contributed by atoms with E-state index in [1.54, 1.807) is 19.1 Å².